The molecule has 2 N–H and O–H groups in total. The summed E-state index contributed by atoms with van der Waals surface area (Å²) < 4.78 is 4.74. The Hall–Kier alpha value is -0.610. The quantitative estimate of drug-likeness (QED) is 0.530. The summed E-state index contributed by atoms with van der Waals surface area (Å²) in [5.41, 5.74) is -0.627. The second kappa shape index (κ2) is 5.32. The van der Waals surface area contributed by atoms with Gasteiger partial charge in [0.15, 0.2) is 0 Å². The third-order valence-corrected chi connectivity index (χ3v) is 1.80. The van der Waals surface area contributed by atoms with Crippen molar-refractivity contribution in [1.29, 1.82) is 0 Å². The van der Waals surface area contributed by atoms with E-state index < -0.39 is 23.8 Å². The van der Waals surface area contributed by atoms with E-state index in [-0.39, 0.29) is 6.42 Å². The number of aliphatic hydroxyl groups is 2. The van der Waals surface area contributed by atoms with Crippen molar-refractivity contribution >= 4 is 5.97 Å². The smallest absolute Gasteiger partial charge is 0.313 e. The molecule has 0 heterocycles. The van der Waals surface area contributed by atoms with Crippen molar-refractivity contribution in [1.82, 2.24) is 0 Å². The summed E-state index contributed by atoms with van der Waals surface area (Å²) in [7, 11) is 0. The predicted octanol–water partition coefficient (Wildman–Crippen LogP) is 1.06. The van der Waals surface area contributed by atoms with Crippen LogP contribution in [-0.4, -0.2) is 28.6 Å². The normalized spacial score (nSPS) is 16.1. The molecular formula is C10H20O4. The Balaban J connectivity index is 3.95. The molecule has 0 saturated carbocycles. The van der Waals surface area contributed by atoms with Gasteiger partial charge < -0.3 is 14.9 Å². The summed E-state index contributed by atoms with van der Waals surface area (Å²) in [6.07, 6.45) is -1.24. The predicted molar refractivity (Wildman–Crippen MR) is 52.5 cm³/mol. The minimum absolute atomic E-state index is 0.0678. The van der Waals surface area contributed by atoms with Gasteiger partial charge in [0.2, 0.25) is 6.29 Å². The van der Waals surface area contributed by atoms with Gasteiger partial charge in [0, 0.05) is 6.42 Å². The van der Waals surface area contributed by atoms with Crippen LogP contribution in [0.3, 0.4) is 0 Å². The van der Waals surface area contributed by atoms with E-state index in [1.165, 1.54) is 0 Å². The third-order valence-electron chi connectivity index (χ3n) is 1.80. The number of hydrogen-bond donors (Lipinski definition) is 2. The molecule has 0 aromatic carbocycles. The van der Waals surface area contributed by atoms with E-state index in [9.17, 15) is 15.0 Å². The molecule has 0 radical (unpaired) electrons. The molecule has 0 fully saturated rings. The Morgan fingerprint density at radius 2 is 1.86 bits per heavy atom. The monoisotopic (exact) mass is 204 g/mol. The van der Waals surface area contributed by atoms with Gasteiger partial charge in [-0.1, -0.05) is 6.92 Å². The van der Waals surface area contributed by atoms with Gasteiger partial charge in [0.05, 0.1) is 11.5 Å². The largest absolute Gasteiger partial charge is 0.435 e. The van der Waals surface area contributed by atoms with E-state index in [1.807, 2.05) is 0 Å². The van der Waals surface area contributed by atoms with E-state index >= 15 is 0 Å². The van der Waals surface area contributed by atoms with Crippen molar-refractivity contribution in [2.75, 3.05) is 0 Å². The van der Waals surface area contributed by atoms with Gasteiger partial charge in [-0.15, -0.1) is 0 Å². The van der Waals surface area contributed by atoms with Crippen LogP contribution in [0, 0.1) is 5.41 Å². The molecule has 84 valence electrons. The zero-order valence-corrected chi connectivity index (χ0v) is 9.28. The lowest BCUT2D eigenvalue weighted by molar-refractivity contribution is -0.181. The first-order valence-corrected chi connectivity index (χ1v) is 4.84. The van der Waals surface area contributed by atoms with Gasteiger partial charge in [-0.05, 0) is 27.2 Å². The van der Waals surface area contributed by atoms with Gasteiger partial charge in [-0.3, -0.25) is 4.79 Å². The van der Waals surface area contributed by atoms with Crippen molar-refractivity contribution in [3.63, 3.8) is 0 Å². The van der Waals surface area contributed by atoms with E-state index in [4.69, 9.17) is 4.74 Å². The molecule has 4 heteroatoms. The molecule has 0 aromatic heterocycles. The standard InChI is InChI=1S/C10H20O4/c1-5-7(11)6-8(12)14-9(13)10(2,3)4/h7-8,11-12H,5-6H2,1-4H3. The van der Waals surface area contributed by atoms with Crippen molar-refractivity contribution in [3.8, 4) is 0 Å². The maximum Gasteiger partial charge on any atom is 0.313 e. The van der Waals surface area contributed by atoms with Crippen molar-refractivity contribution < 1.29 is 19.7 Å². The maximum atomic E-state index is 11.3. The molecule has 0 spiro atoms. The molecule has 0 aliphatic carbocycles. The van der Waals surface area contributed by atoms with Crippen LogP contribution in [0.2, 0.25) is 0 Å². The third kappa shape index (κ3) is 5.19. The molecule has 0 bridgehead atoms. The molecule has 0 rings (SSSR count). The van der Waals surface area contributed by atoms with E-state index in [0.29, 0.717) is 6.42 Å². The lowest BCUT2D eigenvalue weighted by Crippen LogP contribution is -2.30. The number of hydrogen-bond acceptors (Lipinski definition) is 4. The molecule has 0 saturated heterocycles. The molecule has 4 nitrogen and oxygen atoms in total. The highest BCUT2D eigenvalue weighted by molar-refractivity contribution is 5.75. The van der Waals surface area contributed by atoms with Crippen LogP contribution in [0.4, 0.5) is 0 Å². The van der Waals surface area contributed by atoms with Crippen LogP contribution in [0.1, 0.15) is 40.5 Å². The Morgan fingerprint density at radius 3 is 2.21 bits per heavy atom. The minimum atomic E-state index is -1.21. The lowest BCUT2D eigenvalue weighted by Gasteiger charge is -2.21. The molecule has 0 aliphatic rings. The first kappa shape index (κ1) is 13.4. The van der Waals surface area contributed by atoms with E-state index in [1.54, 1.807) is 27.7 Å². The molecule has 14 heavy (non-hydrogen) atoms. The van der Waals surface area contributed by atoms with Crippen LogP contribution in [0.25, 0.3) is 0 Å². The van der Waals surface area contributed by atoms with Crippen LogP contribution in [-0.2, 0) is 9.53 Å². The number of rotatable bonds is 4. The molecule has 2 unspecified atom stereocenters. The average molecular weight is 204 g/mol. The number of aliphatic hydroxyl groups excluding tert-OH is 2. The Kier molecular flexibility index (Phi) is 5.08. The Morgan fingerprint density at radius 1 is 1.36 bits per heavy atom. The first-order chi connectivity index (χ1) is 6.27. The highest BCUT2D eigenvalue weighted by Gasteiger charge is 2.26. The molecule has 0 amide bonds. The van der Waals surface area contributed by atoms with Crippen molar-refractivity contribution in [2.24, 2.45) is 5.41 Å². The van der Waals surface area contributed by atoms with Crippen molar-refractivity contribution in [3.05, 3.63) is 0 Å². The summed E-state index contributed by atoms with van der Waals surface area (Å²) >= 11 is 0. The topological polar surface area (TPSA) is 66.8 Å². The van der Waals surface area contributed by atoms with Gasteiger partial charge in [0.25, 0.3) is 0 Å². The van der Waals surface area contributed by atoms with Gasteiger partial charge in [-0.25, -0.2) is 0 Å². The number of carbonyl (C=O) groups is 1. The Bertz CT molecular complexity index is 183. The summed E-state index contributed by atoms with van der Waals surface area (Å²) in [5, 5.41) is 18.5. The van der Waals surface area contributed by atoms with E-state index in [0.717, 1.165) is 0 Å². The summed E-state index contributed by atoms with van der Waals surface area (Å²) in [6, 6.07) is 0. The minimum Gasteiger partial charge on any atom is -0.435 e. The van der Waals surface area contributed by atoms with Gasteiger partial charge in [0.1, 0.15) is 0 Å². The van der Waals surface area contributed by atoms with E-state index in [2.05, 4.69) is 0 Å². The zero-order chi connectivity index (χ0) is 11.4. The fraction of sp³-hybridized carbons (Fsp3) is 0.900. The number of esters is 1. The summed E-state index contributed by atoms with van der Waals surface area (Å²) in [6.45, 7) is 6.91. The lowest BCUT2D eigenvalue weighted by atomic mass is 9.97. The Labute approximate surface area is 84.9 Å². The second-order valence-corrected chi connectivity index (χ2v) is 4.41. The van der Waals surface area contributed by atoms with Crippen LogP contribution in [0.5, 0.6) is 0 Å². The van der Waals surface area contributed by atoms with Gasteiger partial charge >= 0.3 is 5.97 Å². The SMILES string of the molecule is CCC(O)CC(O)OC(=O)C(C)(C)C. The van der Waals surface area contributed by atoms with Gasteiger partial charge in [-0.2, -0.15) is 0 Å². The van der Waals surface area contributed by atoms with Crippen LogP contribution in [0.15, 0.2) is 0 Å². The highest BCUT2D eigenvalue weighted by atomic mass is 16.6. The number of ether oxygens (including phenoxy) is 1. The zero-order valence-electron chi connectivity index (χ0n) is 9.28. The fourth-order valence-corrected chi connectivity index (χ4v) is 0.748. The van der Waals surface area contributed by atoms with Crippen LogP contribution < -0.4 is 0 Å². The molecular weight excluding hydrogens is 184 g/mol. The average Bonchev–Trinajstić information content (AvgIpc) is 2.02. The van der Waals surface area contributed by atoms with Crippen LogP contribution >= 0.6 is 0 Å². The first-order valence-electron chi connectivity index (χ1n) is 4.84. The summed E-state index contributed by atoms with van der Waals surface area (Å²) in [4.78, 5) is 11.3. The maximum absolute atomic E-state index is 11.3. The second-order valence-electron chi connectivity index (χ2n) is 4.41. The fourth-order valence-electron chi connectivity index (χ4n) is 0.748. The molecule has 0 aromatic rings. The summed E-state index contributed by atoms with van der Waals surface area (Å²) in [5.74, 6) is -0.465. The number of carbonyl (C=O) groups excluding carboxylic acids is 1. The highest BCUT2D eigenvalue weighted by Crippen LogP contribution is 2.17. The molecule has 2 atom stereocenters. The van der Waals surface area contributed by atoms with Crippen molar-refractivity contribution in [2.45, 2.75) is 52.9 Å². The molecule has 0 aliphatic heterocycles.